The Hall–Kier alpha value is -2.04. The van der Waals surface area contributed by atoms with Crippen LogP contribution in [0.3, 0.4) is 0 Å². The first-order valence-electron chi connectivity index (χ1n) is 11.7. The lowest BCUT2D eigenvalue weighted by Gasteiger charge is -2.30. The zero-order chi connectivity index (χ0) is 22.3. The maximum atomic E-state index is 13.2. The second-order valence-corrected chi connectivity index (χ2v) is 9.33. The predicted octanol–water partition coefficient (Wildman–Crippen LogP) is 5.30. The van der Waals surface area contributed by atoms with Crippen LogP contribution in [0.4, 0.5) is 11.4 Å². The average molecular weight is 416 g/mol. The van der Waals surface area contributed by atoms with Crippen molar-refractivity contribution in [2.75, 3.05) is 30.9 Å². The summed E-state index contributed by atoms with van der Waals surface area (Å²) in [6, 6.07) is 6.08. The summed E-state index contributed by atoms with van der Waals surface area (Å²) in [5.74, 6) is 0.964. The van der Waals surface area contributed by atoms with Gasteiger partial charge in [0.25, 0.3) is 0 Å². The van der Waals surface area contributed by atoms with Crippen LogP contribution in [0.2, 0.25) is 0 Å². The van der Waals surface area contributed by atoms with Crippen molar-refractivity contribution >= 4 is 23.2 Å². The molecule has 0 saturated heterocycles. The number of carbonyl (C=O) groups is 2. The molecule has 0 spiro atoms. The Kier molecular flexibility index (Phi) is 9.19. The van der Waals surface area contributed by atoms with Gasteiger partial charge in [-0.1, -0.05) is 40.5 Å². The van der Waals surface area contributed by atoms with Crippen molar-refractivity contribution in [1.29, 1.82) is 0 Å². The highest BCUT2D eigenvalue weighted by atomic mass is 16.2. The summed E-state index contributed by atoms with van der Waals surface area (Å²) in [6.07, 6.45) is 5.99. The van der Waals surface area contributed by atoms with E-state index in [2.05, 4.69) is 50.0 Å². The van der Waals surface area contributed by atoms with Crippen molar-refractivity contribution in [3.05, 3.63) is 23.8 Å². The fourth-order valence-electron chi connectivity index (χ4n) is 4.43. The van der Waals surface area contributed by atoms with E-state index in [-0.39, 0.29) is 23.7 Å². The van der Waals surface area contributed by atoms with Crippen molar-refractivity contribution in [2.24, 2.45) is 17.8 Å². The molecule has 5 heteroatoms. The maximum absolute atomic E-state index is 13.2. The summed E-state index contributed by atoms with van der Waals surface area (Å²) >= 11 is 0. The van der Waals surface area contributed by atoms with Gasteiger partial charge in [-0.05, 0) is 55.4 Å². The van der Waals surface area contributed by atoms with Crippen LogP contribution >= 0.6 is 0 Å². The van der Waals surface area contributed by atoms with Crippen LogP contribution in [0, 0.1) is 17.8 Å². The van der Waals surface area contributed by atoms with Gasteiger partial charge in [0.05, 0.1) is 0 Å². The molecular weight excluding hydrogens is 374 g/mol. The van der Waals surface area contributed by atoms with Crippen LogP contribution in [0.25, 0.3) is 0 Å². The number of hydrogen-bond acceptors (Lipinski definition) is 3. The van der Waals surface area contributed by atoms with Crippen LogP contribution in [-0.2, 0) is 16.1 Å². The smallest absolute Gasteiger partial charge is 0.227 e. The van der Waals surface area contributed by atoms with E-state index in [4.69, 9.17) is 0 Å². The van der Waals surface area contributed by atoms with Crippen LogP contribution in [0.5, 0.6) is 0 Å². The number of nitrogens with one attached hydrogen (secondary N) is 1. The van der Waals surface area contributed by atoms with Gasteiger partial charge in [0, 0.05) is 50.4 Å². The summed E-state index contributed by atoms with van der Waals surface area (Å²) in [6.45, 7) is 9.78. The van der Waals surface area contributed by atoms with E-state index in [1.165, 1.54) is 0 Å². The lowest BCUT2D eigenvalue weighted by atomic mass is 10.00. The number of rotatable bonds is 10. The quantitative estimate of drug-likeness (QED) is 0.564. The summed E-state index contributed by atoms with van der Waals surface area (Å²) in [7, 11) is 4.04. The second kappa shape index (κ2) is 11.4. The van der Waals surface area contributed by atoms with Gasteiger partial charge in [-0.3, -0.25) is 9.59 Å². The molecule has 0 heterocycles. The van der Waals surface area contributed by atoms with Gasteiger partial charge in [0.2, 0.25) is 11.8 Å². The van der Waals surface area contributed by atoms with Crippen LogP contribution in [-0.4, -0.2) is 37.4 Å². The topological polar surface area (TPSA) is 52.7 Å². The third-order valence-corrected chi connectivity index (χ3v) is 6.15. The molecule has 0 aliphatic heterocycles. The largest absolute Gasteiger partial charge is 0.377 e. The number of carbonyl (C=O) groups excluding carboxylic acids is 2. The molecule has 5 nitrogen and oxygen atoms in total. The number of amides is 2. The summed E-state index contributed by atoms with van der Waals surface area (Å²) in [5, 5.41) is 3.12. The molecule has 30 heavy (non-hydrogen) atoms. The molecular formula is C25H41N3O2. The molecule has 2 amide bonds. The third-order valence-electron chi connectivity index (χ3n) is 6.15. The Morgan fingerprint density at radius 1 is 1.10 bits per heavy atom. The van der Waals surface area contributed by atoms with Crippen LogP contribution < -0.4 is 10.2 Å². The van der Waals surface area contributed by atoms with Crippen molar-refractivity contribution < 1.29 is 9.59 Å². The van der Waals surface area contributed by atoms with E-state index in [1.54, 1.807) is 0 Å². The van der Waals surface area contributed by atoms with E-state index >= 15 is 0 Å². The first-order valence-corrected chi connectivity index (χ1v) is 11.7. The first kappa shape index (κ1) is 24.2. The molecule has 1 aliphatic rings. The third kappa shape index (κ3) is 6.48. The zero-order valence-electron chi connectivity index (χ0n) is 19.8. The Bertz CT molecular complexity index is 704. The highest BCUT2D eigenvalue weighted by molar-refractivity contribution is 5.93. The van der Waals surface area contributed by atoms with Gasteiger partial charge in [-0.25, -0.2) is 0 Å². The molecule has 0 atom stereocenters. The maximum Gasteiger partial charge on any atom is 0.227 e. The monoisotopic (exact) mass is 415 g/mol. The Morgan fingerprint density at radius 3 is 2.27 bits per heavy atom. The number of benzene rings is 1. The molecule has 0 unspecified atom stereocenters. The van der Waals surface area contributed by atoms with E-state index in [0.717, 1.165) is 62.0 Å². The number of hydrogen-bond donors (Lipinski definition) is 1. The zero-order valence-corrected chi connectivity index (χ0v) is 19.8. The minimum Gasteiger partial charge on any atom is -0.377 e. The van der Waals surface area contributed by atoms with Gasteiger partial charge >= 0.3 is 0 Å². The second-order valence-electron chi connectivity index (χ2n) is 9.33. The molecule has 1 N–H and O–H groups in total. The average Bonchev–Trinajstić information content (AvgIpc) is 3.23. The highest BCUT2D eigenvalue weighted by Crippen LogP contribution is 2.29. The first-order chi connectivity index (χ1) is 14.3. The number of anilines is 2. The van der Waals surface area contributed by atoms with Crippen molar-refractivity contribution in [3.63, 3.8) is 0 Å². The van der Waals surface area contributed by atoms with E-state index in [0.29, 0.717) is 12.5 Å². The van der Waals surface area contributed by atoms with Gasteiger partial charge in [0.1, 0.15) is 0 Å². The number of nitrogens with zero attached hydrogens (tertiary/aromatic N) is 2. The molecule has 1 aromatic carbocycles. The van der Waals surface area contributed by atoms with Crippen molar-refractivity contribution in [1.82, 2.24) is 4.90 Å². The molecule has 1 saturated carbocycles. The van der Waals surface area contributed by atoms with E-state index in [9.17, 15) is 9.59 Å². The van der Waals surface area contributed by atoms with Crippen LogP contribution in [0.15, 0.2) is 18.2 Å². The fourth-order valence-corrected chi connectivity index (χ4v) is 4.43. The minimum atomic E-state index is 0.0665. The summed E-state index contributed by atoms with van der Waals surface area (Å²) < 4.78 is 0. The highest BCUT2D eigenvalue weighted by Gasteiger charge is 2.25. The predicted molar refractivity (Wildman–Crippen MR) is 126 cm³/mol. The molecule has 0 aromatic heterocycles. The molecule has 0 bridgehead atoms. The van der Waals surface area contributed by atoms with Crippen molar-refractivity contribution in [3.8, 4) is 0 Å². The van der Waals surface area contributed by atoms with Gasteiger partial charge in [0.15, 0.2) is 0 Å². The lowest BCUT2D eigenvalue weighted by Crippen LogP contribution is -2.38. The molecule has 1 aromatic rings. The minimum absolute atomic E-state index is 0.0665. The van der Waals surface area contributed by atoms with Crippen molar-refractivity contribution in [2.45, 2.75) is 72.8 Å². The standard InChI is InChI=1S/C25H41N3O2/c1-7-19(8-2)25(30)28(16-18(3)4)17-21-15-22(13-14-23(21)27(5)6)26-24(29)20-11-9-10-12-20/h13-15,18-20H,7-12,16-17H2,1-6H3,(H,26,29). The Balaban J connectivity index is 2.27. The fraction of sp³-hybridized carbons (Fsp3) is 0.680. The van der Waals surface area contributed by atoms with Gasteiger partial charge in [-0.15, -0.1) is 0 Å². The molecule has 1 fully saturated rings. The van der Waals surface area contributed by atoms with E-state index in [1.807, 2.05) is 25.1 Å². The molecule has 168 valence electrons. The lowest BCUT2D eigenvalue weighted by molar-refractivity contribution is -0.137. The Labute approximate surface area is 183 Å². The SMILES string of the molecule is CCC(CC)C(=O)N(Cc1cc(NC(=O)C2CCCC2)ccc1N(C)C)CC(C)C. The molecule has 1 aliphatic carbocycles. The van der Waals surface area contributed by atoms with Crippen LogP contribution in [0.1, 0.15) is 71.8 Å². The summed E-state index contributed by atoms with van der Waals surface area (Å²) in [5.41, 5.74) is 2.98. The molecule has 2 rings (SSSR count). The molecule has 0 radical (unpaired) electrons. The van der Waals surface area contributed by atoms with E-state index < -0.39 is 0 Å². The van der Waals surface area contributed by atoms with Gasteiger partial charge in [-0.2, -0.15) is 0 Å². The normalized spacial score (nSPS) is 14.4. The van der Waals surface area contributed by atoms with Gasteiger partial charge < -0.3 is 15.1 Å². The summed E-state index contributed by atoms with van der Waals surface area (Å²) in [4.78, 5) is 29.9. The Morgan fingerprint density at radius 2 is 1.73 bits per heavy atom.